The molecule has 1 unspecified atom stereocenters. The average molecular weight is 469 g/mol. The highest BCUT2D eigenvalue weighted by Gasteiger charge is 2.31. The quantitative estimate of drug-likeness (QED) is 0.285. The van der Waals surface area contributed by atoms with Gasteiger partial charge >= 0.3 is 0 Å². The van der Waals surface area contributed by atoms with Crippen molar-refractivity contribution in [1.82, 2.24) is 10.3 Å². The van der Waals surface area contributed by atoms with Crippen molar-refractivity contribution < 1.29 is 4.74 Å². The van der Waals surface area contributed by atoms with Crippen LogP contribution in [0.1, 0.15) is 48.9 Å². The van der Waals surface area contributed by atoms with Crippen LogP contribution in [-0.2, 0) is 0 Å². The number of aromatic nitrogens is 1. The number of nitriles is 2. The van der Waals surface area contributed by atoms with Crippen molar-refractivity contribution in [2.75, 3.05) is 23.4 Å². The van der Waals surface area contributed by atoms with Gasteiger partial charge < -0.3 is 21.5 Å². The second kappa shape index (κ2) is 9.33. The average Bonchev–Trinajstić information content (AvgIpc) is 2.72. The molecule has 0 spiro atoms. The van der Waals surface area contributed by atoms with Crippen molar-refractivity contribution in [2.24, 2.45) is 4.99 Å². The van der Waals surface area contributed by atoms with Gasteiger partial charge in [0, 0.05) is 15.6 Å². The van der Waals surface area contributed by atoms with Crippen LogP contribution in [0, 0.1) is 22.8 Å². The number of rotatable bonds is 6. The molecule has 0 bridgehead atoms. The van der Waals surface area contributed by atoms with Crippen LogP contribution in [0.3, 0.4) is 0 Å². The highest BCUT2D eigenvalue weighted by Crippen LogP contribution is 2.43. The van der Waals surface area contributed by atoms with Crippen LogP contribution in [0.2, 0.25) is 0 Å². The highest BCUT2D eigenvalue weighted by molar-refractivity contribution is 9.10. The Morgan fingerprint density at radius 2 is 2.10 bits per heavy atom. The number of nitrogens with two attached hydrogens (primary N) is 2. The fraction of sp³-hybridized carbons (Fsp3) is 0.300. The van der Waals surface area contributed by atoms with E-state index in [1.54, 1.807) is 0 Å². The van der Waals surface area contributed by atoms with E-state index in [1.807, 2.05) is 30.5 Å². The summed E-state index contributed by atoms with van der Waals surface area (Å²) in [6, 6.07) is 6.95. The van der Waals surface area contributed by atoms with E-state index in [4.69, 9.17) is 21.5 Å². The number of guanidine groups is 1. The molecule has 2 aromatic rings. The molecule has 0 amide bonds. The zero-order chi connectivity index (χ0) is 21.7. The standard InChI is InChI=1S/C20H21BrN8O/c1-2-3-4-7-30-14-6-5-11(21)8-12(14)17-15-16(24)13(9-22)18(25)28-19(15)29-20(27-17)26-10-23/h5-6,8,17H,2-4,7H2,1H3,(H6,24,25,26,27,28,29). The van der Waals surface area contributed by atoms with E-state index in [0.29, 0.717) is 23.7 Å². The summed E-state index contributed by atoms with van der Waals surface area (Å²) in [5.74, 6) is 1.17. The largest absolute Gasteiger partial charge is 0.493 e. The zero-order valence-electron chi connectivity index (χ0n) is 16.4. The Labute approximate surface area is 182 Å². The number of pyridine rings is 1. The fourth-order valence-electron chi connectivity index (χ4n) is 3.20. The molecule has 30 heavy (non-hydrogen) atoms. The first-order valence-electron chi connectivity index (χ1n) is 9.41. The van der Waals surface area contributed by atoms with Crippen LogP contribution in [0.25, 0.3) is 0 Å². The van der Waals surface area contributed by atoms with Gasteiger partial charge in [0.25, 0.3) is 0 Å². The lowest BCUT2D eigenvalue weighted by Gasteiger charge is -2.27. The van der Waals surface area contributed by atoms with Gasteiger partial charge in [-0.3, -0.25) is 5.32 Å². The second-order valence-electron chi connectivity index (χ2n) is 6.64. The molecule has 0 saturated carbocycles. The molecular weight excluding hydrogens is 448 g/mol. The molecule has 0 saturated heterocycles. The molecule has 1 atom stereocenters. The van der Waals surface area contributed by atoms with E-state index < -0.39 is 6.04 Å². The summed E-state index contributed by atoms with van der Waals surface area (Å²) >= 11 is 3.49. The topological polar surface area (TPSA) is 158 Å². The Bertz CT molecular complexity index is 1070. The maximum atomic E-state index is 9.47. The van der Waals surface area contributed by atoms with E-state index in [0.717, 1.165) is 29.3 Å². The summed E-state index contributed by atoms with van der Waals surface area (Å²) in [7, 11) is 0. The summed E-state index contributed by atoms with van der Waals surface area (Å²) in [4.78, 5) is 8.87. The van der Waals surface area contributed by atoms with Gasteiger partial charge in [0.1, 0.15) is 35.1 Å². The summed E-state index contributed by atoms with van der Waals surface area (Å²) in [5.41, 5.74) is 13.7. The molecule has 6 N–H and O–H groups in total. The molecule has 2 heterocycles. The number of hydrogen-bond acceptors (Lipinski definition) is 9. The minimum Gasteiger partial charge on any atom is -0.493 e. The number of nitrogens with zero attached hydrogens (tertiary/aromatic N) is 4. The minimum absolute atomic E-state index is 0.00323. The number of unbranched alkanes of at least 4 members (excludes halogenated alkanes) is 2. The molecule has 0 radical (unpaired) electrons. The van der Waals surface area contributed by atoms with Crippen LogP contribution in [0.4, 0.5) is 17.3 Å². The first kappa shape index (κ1) is 21.2. The molecule has 1 aliphatic heterocycles. The van der Waals surface area contributed by atoms with Gasteiger partial charge in [0.15, 0.2) is 6.19 Å². The molecule has 3 rings (SSSR count). The number of nitrogen functional groups attached to an aromatic ring is 2. The van der Waals surface area contributed by atoms with Crippen molar-refractivity contribution in [2.45, 2.75) is 32.2 Å². The molecule has 1 aromatic carbocycles. The van der Waals surface area contributed by atoms with E-state index in [-0.39, 0.29) is 23.0 Å². The number of aliphatic imine (C=N–C) groups is 1. The third-order valence-corrected chi connectivity index (χ3v) is 5.12. The number of nitrogens with one attached hydrogen (secondary N) is 2. The highest BCUT2D eigenvalue weighted by atomic mass is 79.9. The second-order valence-corrected chi connectivity index (χ2v) is 7.56. The van der Waals surface area contributed by atoms with Gasteiger partial charge in [-0.05, 0) is 24.6 Å². The first-order valence-corrected chi connectivity index (χ1v) is 10.2. The molecule has 1 aromatic heterocycles. The van der Waals surface area contributed by atoms with E-state index >= 15 is 0 Å². The van der Waals surface area contributed by atoms with Gasteiger partial charge in [0.2, 0.25) is 5.96 Å². The molecular formula is C20H21BrN8O. The number of halogens is 1. The van der Waals surface area contributed by atoms with Crippen LogP contribution in [0.5, 0.6) is 5.75 Å². The molecule has 1 aliphatic rings. The van der Waals surface area contributed by atoms with Gasteiger partial charge in [0.05, 0.1) is 12.3 Å². The summed E-state index contributed by atoms with van der Waals surface area (Å²) in [6.07, 6.45) is 4.93. The normalized spacial score (nSPS) is 14.5. The van der Waals surface area contributed by atoms with E-state index in [1.165, 1.54) is 0 Å². The van der Waals surface area contributed by atoms with Crippen molar-refractivity contribution in [3.8, 4) is 18.0 Å². The third-order valence-electron chi connectivity index (χ3n) is 4.63. The Balaban J connectivity index is 2.14. The van der Waals surface area contributed by atoms with Crippen molar-refractivity contribution in [3.63, 3.8) is 0 Å². The maximum Gasteiger partial charge on any atom is 0.211 e. The van der Waals surface area contributed by atoms with Crippen molar-refractivity contribution >= 4 is 39.2 Å². The summed E-state index contributed by atoms with van der Waals surface area (Å²) in [5, 5.41) is 23.9. The van der Waals surface area contributed by atoms with Crippen LogP contribution >= 0.6 is 15.9 Å². The van der Waals surface area contributed by atoms with Crippen LogP contribution in [-0.4, -0.2) is 17.6 Å². The van der Waals surface area contributed by atoms with Crippen LogP contribution in [0.15, 0.2) is 27.7 Å². The first-order chi connectivity index (χ1) is 14.5. The summed E-state index contributed by atoms with van der Waals surface area (Å²) in [6.45, 7) is 2.69. The number of anilines is 3. The molecule has 0 aliphatic carbocycles. The van der Waals surface area contributed by atoms with Crippen molar-refractivity contribution in [1.29, 1.82) is 10.5 Å². The molecule has 10 heteroatoms. The Kier molecular flexibility index (Phi) is 6.60. The molecule has 154 valence electrons. The van der Waals surface area contributed by atoms with E-state index in [2.05, 4.69) is 43.5 Å². The SMILES string of the molecule is CCCCCOc1ccc(Br)cc1C1N=C(NC#N)Nc2nc(N)c(C#N)c(N)c21. The fourth-order valence-corrected chi connectivity index (χ4v) is 3.58. The van der Waals surface area contributed by atoms with Gasteiger partial charge in [-0.1, -0.05) is 35.7 Å². The molecule has 0 fully saturated rings. The molecule has 9 nitrogen and oxygen atoms in total. The zero-order valence-corrected chi connectivity index (χ0v) is 18.0. The number of benzene rings is 1. The minimum atomic E-state index is -0.657. The predicted molar refractivity (Wildman–Crippen MR) is 119 cm³/mol. The van der Waals surface area contributed by atoms with Gasteiger partial charge in [-0.2, -0.15) is 10.5 Å². The number of fused-ring (bicyclic) bond motifs is 1. The Morgan fingerprint density at radius 3 is 2.80 bits per heavy atom. The lowest BCUT2D eigenvalue weighted by Crippen LogP contribution is -2.33. The summed E-state index contributed by atoms with van der Waals surface area (Å²) < 4.78 is 6.86. The third kappa shape index (κ3) is 4.24. The maximum absolute atomic E-state index is 9.47. The van der Waals surface area contributed by atoms with E-state index in [9.17, 15) is 5.26 Å². The van der Waals surface area contributed by atoms with Crippen molar-refractivity contribution in [3.05, 3.63) is 39.4 Å². The number of hydrogen-bond donors (Lipinski definition) is 4. The Morgan fingerprint density at radius 1 is 1.30 bits per heavy atom. The smallest absolute Gasteiger partial charge is 0.211 e. The van der Waals surface area contributed by atoms with Crippen LogP contribution < -0.4 is 26.8 Å². The van der Waals surface area contributed by atoms with Gasteiger partial charge in [-0.15, -0.1) is 0 Å². The lowest BCUT2D eigenvalue weighted by atomic mass is 9.94. The monoisotopic (exact) mass is 468 g/mol. The lowest BCUT2D eigenvalue weighted by molar-refractivity contribution is 0.302. The number of ether oxygens (including phenoxy) is 1. The Hall–Kier alpha value is -3.50. The van der Waals surface area contributed by atoms with Gasteiger partial charge in [-0.25, -0.2) is 9.98 Å². The predicted octanol–water partition coefficient (Wildman–Crippen LogP) is 3.39.